The van der Waals surface area contributed by atoms with Crippen LogP contribution in [0.3, 0.4) is 0 Å². The van der Waals surface area contributed by atoms with Crippen molar-refractivity contribution >= 4 is 11.6 Å². The first-order valence-corrected chi connectivity index (χ1v) is 9.18. The summed E-state index contributed by atoms with van der Waals surface area (Å²) in [6.07, 6.45) is 3.44. The fraction of sp³-hybridized carbons (Fsp3) is 0.125. The van der Waals surface area contributed by atoms with Crippen LogP contribution < -0.4 is 14.4 Å². The second-order valence-corrected chi connectivity index (χ2v) is 6.55. The lowest BCUT2D eigenvalue weighted by molar-refractivity contribution is -0.128. The number of hydrogen-bond acceptors (Lipinski definition) is 3. The maximum absolute atomic E-state index is 12.9. The summed E-state index contributed by atoms with van der Waals surface area (Å²) in [5.41, 5.74) is 1.94. The van der Waals surface area contributed by atoms with E-state index in [4.69, 9.17) is 9.47 Å². The number of amides is 1. The maximum atomic E-state index is 12.9. The lowest BCUT2D eigenvalue weighted by atomic mass is 9.82. The molecule has 0 unspecified atom stereocenters. The Morgan fingerprint density at radius 2 is 1.46 bits per heavy atom. The zero-order valence-electron chi connectivity index (χ0n) is 15.6. The van der Waals surface area contributed by atoms with E-state index >= 15 is 0 Å². The van der Waals surface area contributed by atoms with E-state index in [9.17, 15) is 4.79 Å². The molecule has 0 N–H and O–H groups in total. The molecule has 0 aliphatic carbocycles. The summed E-state index contributed by atoms with van der Waals surface area (Å²) in [5.74, 6) is 1.31. The van der Waals surface area contributed by atoms with Crippen LogP contribution in [0.15, 0.2) is 97.3 Å². The Kier molecular flexibility index (Phi) is 5.11. The van der Waals surface area contributed by atoms with Gasteiger partial charge in [0.25, 0.3) is 0 Å². The van der Waals surface area contributed by atoms with Crippen molar-refractivity contribution in [3.63, 3.8) is 0 Å². The van der Waals surface area contributed by atoms with E-state index < -0.39 is 0 Å². The first-order valence-electron chi connectivity index (χ1n) is 9.18. The molecule has 0 radical (unpaired) electrons. The van der Waals surface area contributed by atoms with Gasteiger partial charge in [0, 0.05) is 5.69 Å². The SMILES string of the molecule is COc1ccc([C@@H]2[C@@H](/C=C\Oc3ccccc3)C(=O)N2c2ccccc2)cc1. The van der Waals surface area contributed by atoms with Crippen LogP contribution in [0, 0.1) is 5.92 Å². The molecule has 1 amide bonds. The first-order chi connectivity index (χ1) is 13.8. The number of carbonyl (C=O) groups excluding carboxylic acids is 1. The molecule has 4 rings (SSSR count). The Bertz CT molecular complexity index is 952. The molecule has 1 saturated heterocycles. The van der Waals surface area contributed by atoms with E-state index in [1.165, 1.54) is 0 Å². The molecule has 3 aromatic rings. The molecule has 1 aliphatic rings. The van der Waals surface area contributed by atoms with Gasteiger partial charge in [0.05, 0.1) is 25.3 Å². The Labute approximate surface area is 164 Å². The monoisotopic (exact) mass is 371 g/mol. The number of benzene rings is 3. The van der Waals surface area contributed by atoms with Gasteiger partial charge in [-0.2, -0.15) is 0 Å². The van der Waals surface area contributed by atoms with E-state index in [2.05, 4.69) is 0 Å². The van der Waals surface area contributed by atoms with Crippen LogP contribution in [0.2, 0.25) is 0 Å². The van der Waals surface area contributed by atoms with Crippen LogP contribution in [0.5, 0.6) is 11.5 Å². The Morgan fingerprint density at radius 3 is 2.11 bits per heavy atom. The quantitative estimate of drug-likeness (QED) is 0.452. The highest BCUT2D eigenvalue weighted by molar-refractivity contribution is 6.04. The van der Waals surface area contributed by atoms with Crippen molar-refractivity contribution in [3.8, 4) is 11.5 Å². The van der Waals surface area contributed by atoms with E-state index in [1.807, 2.05) is 95.9 Å². The third-order valence-corrected chi connectivity index (χ3v) is 4.87. The number of para-hydroxylation sites is 2. The van der Waals surface area contributed by atoms with Crippen LogP contribution in [0.1, 0.15) is 11.6 Å². The third kappa shape index (κ3) is 3.49. The summed E-state index contributed by atoms with van der Waals surface area (Å²) in [6.45, 7) is 0. The van der Waals surface area contributed by atoms with Gasteiger partial charge in [0.2, 0.25) is 5.91 Å². The highest BCUT2D eigenvalue weighted by atomic mass is 16.5. The largest absolute Gasteiger partial charge is 0.497 e. The number of nitrogens with zero attached hydrogens (tertiary/aromatic N) is 1. The van der Waals surface area contributed by atoms with Gasteiger partial charge in [-0.3, -0.25) is 4.79 Å². The first kappa shape index (κ1) is 17.9. The predicted octanol–water partition coefficient (Wildman–Crippen LogP) is 4.99. The number of ether oxygens (including phenoxy) is 2. The Hall–Kier alpha value is -3.53. The van der Waals surface area contributed by atoms with Crippen molar-refractivity contribution < 1.29 is 14.3 Å². The maximum Gasteiger partial charge on any atom is 0.237 e. The number of anilines is 1. The molecule has 4 heteroatoms. The highest BCUT2D eigenvalue weighted by Gasteiger charge is 2.47. The van der Waals surface area contributed by atoms with Gasteiger partial charge < -0.3 is 14.4 Å². The van der Waals surface area contributed by atoms with Gasteiger partial charge in [-0.25, -0.2) is 0 Å². The normalized spacial score (nSPS) is 18.8. The number of rotatable bonds is 6. The van der Waals surface area contributed by atoms with Gasteiger partial charge in [-0.05, 0) is 48.0 Å². The molecule has 0 bridgehead atoms. The molecule has 2 atom stereocenters. The summed E-state index contributed by atoms with van der Waals surface area (Å²) in [4.78, 5) is 14.7. The van der Waals surface area contributed by atoms with Crippen molar-refractivity contribution in [1.82, 2.24) is 0 Å². The fourth-order valence-corrected chi connectivity index (χ4v) is 3.43. The molecular weight excluding hydrogens is 350 g/mol. The van der Waals surface area contributed by atoms with E-state index in [0.717, 1.165) is 22.7 Å². The van der Waals surface area contributed by atoms with E-state index in [-0.39, 0.29) is 17.9 Å². The number of methoxy groups -OCH3 is 1. The third-order valence-electron chi connectivity index (χ3n) is 4.87. The average molecular weight is 371 g/mol. The summed E-state index contributed by atoms with van der Waals surface area (Å²) >= 11 is 0. The lowest BCUT2D eigenvalue weighted by Crippen LogP contribution is -2.54. The number of β-lactam (4-membered cyclic amide) rings is 1. The fourth-order valence-electron chi connectivity index (χ4n) is 3.43. The van der Waals surface area contributed by atoms with Crippen molar-refractivity contribution in [2.45, 2.75) is 6.04 Å². The zero-order valence-corrected chi connectivity index (χ0v) is 15.6. The number of hydrogen-bond donors (Lipinski definition) is 0. The summed E-state index contributed by atoms with van der Waals surface area (Å²) in [5, 5.41) is 0. The second kappa shape index (κ2) is 8.01. The van der Waals surface area contributed by atoms with E-state index in [0.29, 0.717) is 0 Å². The molecular formula is C24H21NO3. The molecule has 3 aromatic carbocycles. The highest BCUT2D eigenvalue weighted by Crippen LogP contribution is 2.44. The smallest absolute Gasteiger partial charge is 0.237 e. The molecule has 28 heavy (non-hydrogen) atoms. The van der Waals surface area contributed by atoms with Crippen molar-refractivity contribution in [2.75, 3.05) is 12.0 Å². The van der Waals surface area contributed by atoms with Crippen LogP contribution in [0.25, 0.3) is 0 Å². The molecule has 140 valence electrons. The summed E-state index contributed by atoms with van der Waals surface area (Å²) < 4.78 is 10.9. The minimum atomic E-state index is -0.280. The molecule has 0 saturated carbocycles. The Morgan fingerprint density at radius 1 is 0.821 bits per heavy atom. The number of carbonyl (C=O) groups is 1. The van der Waals surface area contributed by atoms with Gasteiger partial charge in [-0.1, -0.05) is 48.5 Å². The van der Waals surface area contributed by atoms with Crippen molar-refractivity contribution in [1.29, 1.82) is 0 Å². The average Bonchev–Trinajstić information content (AvgIpc) is 2.76. The van der Waals surface area contributed by atoms with Crippen LogP contribution >= 0.6 is 0 Å². The van der Waals surface area contributed by atoms with Gasteiger partial charge in [-0.15, -0.1) is 0 Å². The molecule has 1 fully saturated rings. The predicted molar refractivity (Wildman–Crippen MR) is 109 cm³/mol. The summed E-state index contributed by atoms with van der Waals surface area (Å²) in [7, 11) is 1.64. The molecule has 4 nitrogen and oxygen atoms in total. The lowest BCUT2D eigenvalue weighted by Gasteiger charge is -2.46. The minimum Gasteiger partial charge on any atom is -0.497 e. The Balaban J connectivity index is 1.59. The van der Waals surface area contributed by atoms with Gasteiger partial charge in [0.15, 0.2) is 0 Å². The minimum absolute atomic E-state index is 0.0555. The van der Waals surface area contributed by atoms with Gasteiger partial charge >= 0.3 is 0 Å². The van der Waals surface area contributed by atoms with Crippen molar-refractivity contribution in [2.24, 2.45) is 5.92 Å². The standard InChI is InChI=1S/C24H21NO3/c1-27-20-14-12-18(13-15-20)23-22(16-17-28-21-10-6-3-7-11-21)24(26)25(23)19-8-4-2-5-9-19/h2-17,22-23H,1H3/b17-16-/t22-,23-/m1/s1. The van der Waals surface area contributed by atoms with Crippen LogP contribution in [-0.4, -0.2) is 13.0 Å². The van der Waals surface area contributed by atoms with Gasteiger partial charge in [0.1, 0.15) is 11.5 Å². The topological polar surface area (TPSA) is 38.8 Å². The van der Waals surface area contributed by atoms with E-state index in [1.54, 1.807) is 13.4 Å². The van der Waals surface area contributed by atoms with Crippen LogP contribution in [0.4, 0.5) is 5.69 Å². The molecule has 0 spiro atoms. The van der Waals surface area contributed by atoms with Crippen LogP contribution in [-0.2, 0) is 4.79 Å². The zero-order chi connectivity index (χ0) is 19.3. The molecule has 0 aromatic heterocycles. The molecule has 1 heterocycles. The van der Waals surface area contributed by atoms with Crippen molar-refractivity contribution in [3.05, 3.63) is 103 Å². The second-order valence-electron chi connectivity index (χ2n) is 6.55. The molecule has 1 aliphatic heterocycles. The summed E-state index contributed by atoms with van der Waals surface area (Å²) in [6, 6.07) is 27.0.